The van der Waals surface area contributed by atoms with Crippen molar-refractivity contribution in [2.75, 3.05) is 12.3 Å². The third-order valence-electron chi connectivity index (χ3n) is 2.76. The molecule has 2 aromatic rings. The molecule has 4 nitrogen and oxygen atoms in total. The number of halogens is 4. The molecule has 1 unspecified atom stereocenters. The number of thiazole rings is 1. The Labute approximate surface area is 130 Å². The van der Waals surface area contributed by atoms with Crippen molar-refractivity contribution in [3.8, 4) is 0 Å². The number of rotatable bonds is 3. The van der Waals surface area contributed by atoms with Gasteiger partial charge in [-0.05, 0) is 40.5 Å². The molecule has 114 valence electrons. The van der Waals surface area contributed by atoms with Gasteiger partial charge in [0.05, 0.1) is 10.2 Å². The van der Waals surface area contributed by atoms with Crippen LogP contribution < -0.4 is 11.1 Å². The minimum absolute atomic E-state index is 0.127. The van der Waals surface area contributed by atoms with E-state index in [0.717, 1.165) is 11.3 Å². The first-order valence-corrected chi connectivity index (χ1v) is 7.55. The zero-order chi connectivity index (χ0) is 15.8. The van der Waals surface area contributed by atoms with Gasteiger partial charge in [0.25, 0.3) is 0 Å². The Balaban J connectivity index is 2.57. The Morgan fingerprint density at radius 1 is 1.52 bits per heavy atom. The number of carbonyl (C=O) groups is 1. The van der Waals surface area contributed by atoms with E-state index in [1.165, 1.54) is 12.1 Å². The molecule has 0 radical (unpaired) electrons. The standard InChI is InChI=1S/C12H11BrF3N3OS/c1-2-18-10(20)8(12(14,15)16)5-3-6(13)9-7(4-5)21-11(17)19-9/h3-4,8H,2H2,1H3,(H2,17,19)(H,18,20). The van der Waals surface area contributed by atoms with Crippen LogP contribution in [0.5, 0.6) is 0 Å². The fraction of sp³-hybridized carbons (Fsp3) is 0.333. The molecular formula is C12H11BrF3N3OS. The Hall–Kier alpha value is -1.35. The summed E-state index contributed by atoms with van der Waals surface area (Å²) in [5, 5.41) is 2.47. The maximum atomic E-state index is 13.2. The predicted molar refractivity (Wildman–Crippen MR) is 79.2 cm³/mol. The number of aromatic nitrogens is 1. The zero-order valence-corrected chi connectivity index (χ0v) is 13.2. The molecule has 0 saturated heterocycles. The van der Waals surface area contributed by atoms with Crippen molar-refractivity contribution in [3.63, 3.8) is 0 Å². The third kappa shape index (κ3) is 3.29. The molecule has 3 N–H and O–H groups in total. The highest BCUT2D eigenvalue weighted by Crippen LogP contribution is 2.39. The van der Waals surface area contributed by atoms with E-state index in [0.29, 0.717) is 14.7 Å². The zero-order valence-electron chi connectivity index (χ0n) is 10.8. The number of amides is 1. The van der Waals surface area contributed by atoms with Gasteiger partial charge in [-0.2, -0.15) is 13.2 Å². The second kappa shape index (κ2) is 5.80. The summed E-state index contributed by atoms with van der Waals surface area (Å²) in [4.78, 5) is 15.8. The lowest BCUT2D eigenvalue weighted by Crippen LogP contribution is -2.37. The van der Waals surface area contributed by atoms with Gasteiger partial charge < -0.3 is 11.1 Å². The quantitative estimate of drug-likeness (QED) is 0.855. The number of likely N-dealkylation sites (N-methyl/N-ethyl adjacent to an activating group) is 1. The summed E-state index contributed by atoms with van der Waals surface area (Å²) in [6.45, 7) is 1.69. The second-order valence-corrected chi connectivity index (χ2v) is 6.19. The van der Waals surface area contributed by atoms with Crippen molar-refractivity contribution in [2.24, 2.45) is 0 Å². The summed E-state index contributed by atoms with van der Waals surface area (Å²) in [6.07, 6.45) is -4.68. The molecular weight excluding hydrogens is 371 g/mol. The van der Waals surface area contributed by atoms with Crippen LogP contribution >= 0.6 is 27.3 Å². The molecule has 1 heterocycles. The first kappa shape index (κ1) is 16.0. The van der Waals surface area contributed by atoms with E-state index in [9.17, 15) is 18.0 Å². The molecule has 21 heavy (non-hydrogen) atoms. The summed E-state index contributed by atoms with van der Waals surface area (Å²) < 4.78 is 40.5. The van der Waals surface area contributed by atoms with E-state index >= 15 is 0 Å². The molecule has 2 rings (SSSR count). The average molecular weight is 382 g/mol. The van der Waals surface area contributed by atoms with Crippen LogP contribution in [0.4, 0.5) is 18.3 Å². The number of fused-ring (bicyclic) bond motifs is 1. The molecule has 1 atom stereocenters. The van der Waals surface area contributed by atoms with E-state index in [4.69, 9.17) is 5.73 Å². The number of nitrogen functional groups attached to an aromatic ring is 1. The van der Waals surface area contributed by atoms with Gasteiger partial charge in [0.2, 0.25) is 5.91 Å². The van der Waals surface area contributed by atoms with Gasteiger partial charge in [0.1, 0.15) is 0 Å². The second-order valence-electron chi connectivity index (χ2n) is 4.27. The predicted octanol–water partition coefficient (Wildman–Crippen LogP) is 3.42. The fourth-order valence-electron chi connectivity index (χ4n) is 1.96. The van der Waals surface area contributed by atoms with Crippen LogP contribution in [-0.2, 0) is 4.79 Å². The van der Waals surface area contributed by atoms with Crippen molar-refractivity contribution < 1.29 is 18.0 Å². The highest BCUT2D eigenvalue weighted by Gasteiger charge is 2.46. The van der Waals surface area contributed by atoms with Gasteiger partial charge in [-0.25, -0.2) is 4.98 Å². The van der Waals surface area contributed by atoms with Crippen molar-refractivity contribution in [2.45, 2.75) is 19.0 Å². The number of nitrogens with two attached hydrogens (primary N) is 1. The lowest BCUT2D eigenvalue weighted by atomic mass is 9.97. The molecule has 0 aliphatic rings. The molecule has 0 saturated carbocycles. The number of nitrogens with zero attached hydrogens (tertiary/aromatic N) is 1. The van der Waals surface area contributed by atoms with Crippen LogP contribution in [0, 0.1) is 0 Å². The van der Waals surface area contributed by atoms with Crippen LogP contribution in [0.25, 0.3) is 10.2 Å². The monoisotopic (exact) mass is 381 g/mol. The molecule has 0 spiro atoms. The summed E-state index contributed by atoms with van der Waals surface area (Å²) >= 11 is 4.24. The lowest BCUT2D eigenvalue weighted by Gasteiger charge is -2.20. The Morgan fingerprint density at radius 2 is 2.19 bits per heavy atom. The van der Waals surface area contributed by atoms with Gasteiger partial charge >= 0.3 is 6.18 Å². The maximum absolute atomic E-state index is 13.2. The summed E-state index contributed by atoms with van der Waals surface area (Å²) in [5.74, 6) is -3.30. The summed E-state index contributed by atoms with van der Waals surface area (Å²) in [7, 11) is 0. The highest BCUT2D eigenvalue weighted by molar-refractivity contribution is 9.10. The van der Waals surface area contributed by atoms with E-state index in [1.54, 1.807) is 6.92 Å². The molecule has 1 amide bonds. The number of alkyl halides is 3. The smallest absolute Gasteiger partial charge is 0.375 e. The van der Waals surface area contributed by atoms with Gasteiger partial charge in [0.15, 0.2) is 11.0 Å². The van der Waals surface area contributed by atoms with Crippen LogP contribution in [0.15, 0.2) is 16.6 Å². The molecule has 0 bridgehead atoms. The van der Waals surface area contributed by atoms with Crippen molar-refractivity contribution in [1.82, 2.24) is 10.3 Å². The van der Waals surface area contributed by atoms with Gasteiger partial charge in [0, 0.05) is 11.0 Å². The fourth-order valence-corrected chi connectivity index (χ4v) is 3.47. The maximum Gasteiger partial charge on any atom is 0.404 e. The third-order valence-corrected chi connectivity index (χ3v) is 4.20. The SMILES string of the molecule is CCNC(=O)C(c1cc(Br)c2nc(N)sc2c1)C(F)(F)F. The normalized spacial score (nSPS) is 13.4. The number of anilines is 1. The van der Waals surface area contributed by atoms with Gasteiger partial charge in [-0.15, -0.1) is 0 Å². The van der Waals surface area contributed by atoms with E-state index < -0.39 is 18.0 Å². The molecule has 1 aromatic carbocycles. The number of carbonyl (C=O) groups excluding carboxylic acids is 1. The first-order chi connectivity index (χ1) is 9.74. The summed E-state index contributed by atoms with van der Waals surface area (Å²) in [5.41, 5.74) is 5.91. The molecule has 0 fully saturated rings. The van der Waals surface area contributed by atoms with Crippen molar-refractivity contribution in [1.29, 1.82) is 0 Å². The van der Waals surface area contributed by atoms with Crippen LogP contribution in [0.3, 0.4) is 0 Å². The highest BCUT2D eigenvalue weighted by atomic mass is 79.9. The lowest BCUT2D eigenvalue weighted by molar-refractivity contribution is -0.164. The first-order valence-electron chi connectivity index (χ1n) is 5.94. The van der Waals surface area contributed by atoms with Crippen molar-refractivity contribution in [3.05, 3.63) is 22.2 Å². The Morgan fingerprint density at radius 3 is 2.76 bits per heavy atom. The molecule has 0 aliphatic heterocycles. The average Bonchev–Trinajstić information content (AvgIpc) is 2.69. The topological polar surface area (TPSA) is 68.0 Å². The number of nitrogens with one attached hydrogen (secondary N) is 1. The Bertz CT molecular complexity index is 686. The minimum Gasteiger partial charge on any atom is -0.375 e. The van der Waals surface area contributed by atoms with Gasteiger partial charge in [-0.3, -0.25) is 4.79 Å². The summed E-state index contributed by atoms with van der Waals surface area (Å²) in [6, 6.07) is 2.57. The van der Waals surface area contributed by atoms with E-state index in [2.05, 4.69) is 26.2 Å². The molecule has 1 aromatic heterocycles. The van der Waals surface area contributed by atoms with Crippen LogP contribution in [0.1, 0.15) is 18.4 Å². The van der Waals surface area contributed by atoms with Crippen LogP contribution in [-0.4, -0.2) is 23.6 Å². The largest absolute Gasteiger partial charge is 0.404 e. The van der Waals surface area contributed by atoms with Crippen molar-refractivity contribution >= 4 is 48.5 Å². The minimum atomic E-state index is -4.68. The number of benzene rings is 1. The number of hydrogen-bond donors (Lipinski definition) is 2. The molecule has 0 aliphatic carbocycles. The van der Waals surface area contributed by atoms with Gasteiger partial charge in [-0.1, -0.05) is 11.3 Å². The van der Waals surface area contributed by atoms with E-state index in [-0.39, 0.29) is 17.2 Å². The van der Waals surface area contributed by atoms with E-state index in [1.807, 2.05) is 0 Å². The Kier molecular flexibility index (Phi) is 4.43. The van der Waals surface area contributed by atoms with Crippen LogP contribution in [0.2, 0.25) is 0 Å². The molecule has 9 heteroatoms. The number of hydrogen-bond acceptors (Lipinski definition) is 4.